The molecule has 2 fully saturated rings. The van der Waals surface area contributed by atoms with Crippen molar-refractivity contribution in [2.75, 3.05) is 0 Å². The summed E-state index contributed by atoms with van der Waals surface area (Å²) in [6, 6.07) is 0. The van der Waals surface area contributed by atoms with E-state index >= 15 is 0 Å². The van der Waals surface area contributed by atoms with Crippen LogP contribution in [0.2, 0.25) is 0 Å². The van der Waals surface area contributed by atoms with E-state index in [1.54, 1.807) is 0 Å². The summed E-state index contributed by atoms with van der Waals surface area (Å²) in [5.41, 5.74) is -0.954. The van der Waals surface area contributed by atoms with E-state index in [0.29, 0.717) is 6.42 Å². The number of carbonyl (C=O) groups excluding carboxylic acids is 2. The number of hydrogen-bond donors (Lipinski definition) is 2. The zero-order chi connectivity index (χ0) is 10.5. The zero-order valence-corrected chi connectivity index (χ0v) is 8.61. The summed E-state index contributed by atoms with van der Waals surface area (Å²) in [5, 5.41) is 11.9. The predicted molar refractivity (Wildman–Crippen MR) is 49.8 cm³/mol. The number of rotatable bonds is 2. The van der Waals surface area contributed by atoms with Gasteiger partial charge in [-0.1, -0.05) is 13.8 Å². The predicted octanol–water partition coefficient (Wildman–Crippen LogP) is -1.64. The minimum absolute atomic E-state index is 0. The number of carbonyl (C=O) groups is 2. The lowest BCUT2D eigenvalue weighted by Gasteiger charge is -2.42. The van der Waals surface area contributed by atoms with Gasteiger partial charge < -0.3 is 20.6 Å². The molecule has 0 radical (unpaired) electrons. The Bertz CT molecular complexity index is 303. The average molecular weight is 217 g/mol. The molecule has 2 saturated heterocycles. The van der Waals surface area contributed by atoms with E-state index in [9.17, 15) is 14.7 Å². The fourth-order valence-electron chi connectivity index (χ4n) is 2.16. The van der Waals surface area contributed by atoms with Crippen molar-refractivity contribution >= 4 is 11.9 Å². The third-order valence-electron chi connectivity index (χ3n) is 2.72. The van der Waals surface area contributed by atoms with Crippen molar-refractivity contribution in [3.63, 3.8) is 0 Å². The Morgan fingerprint density at radius 2 is 2.13 bits per heavy atom. The Balaban J connectivity index is 0.00000112. The van der Waals surface area contributed by atoms with Crippen LogP contribution in [0.3, 0.4) is 0 Å². The quantitative estimate of drug-likeness (QED) is 0.541. The molecule has 6 nitrogen and oxygen atoms in total. The molecule has 0 aromatic carbocycles. The van der Waals surface area contributed by atoms with E-state index in [4.69, 9.17) is 4.74 Å². The van der Waals surface area contributed by atoms with E-state index < -0.39 is 29.6 Å². The summed E-state index contributed by atoms with van der Waals surface area (Å²) in [6.45, 7) is 3.91. The van der Waals surface area contributed by atoms with Gasteiger partial charge in [0, 0.05) is 0 Å². The summed E-state index contributed by atoms with van der Waals surface area (Å²) in [4.78, 5) is 22.5. The molecule has 0 bridgehead atoms. The van der Waals surface area contributed by atoms with Crippen LogP contribution in [0.25, 0.3) is 0 Å². The molecular weight excluding hydrogens is 202 g/mol. The van der Waals surface area contributed by atoms with Gasteiger partial charge in [-0.15, -0.1) is 0 Å². The van der Waals surface area contributed by atoms with Gasteiger partial charge in [0.15, 0.2) is 17.7 Å². The summed E-state index contributed by atoms with van der Waals surface area (Å²) in [7, 11) is 0. The Kier molecular flexibility index (Phi) is 2.75. The monoisotopic (exact) mass is 217 g/mol. The van der Waals surface area contributed by atoms with Crippen LogP contribution in [0.1, 0.15) is 20.3 Å². The molecular formula is C9H15NO5. The molecule has 0 aliphatic carbocycles. The van der Waals surface area contributed by atoms with Crippen LogP contribution in [-0.2, 0) is 14.3 Å². The molecule has 0 aromatic rings. The highest BCUT2D eigenvalue weighted by Crippen LogP contribution is 2.39. The van der Waals surface area contributed by atoms with Crippen LogP contribution in [0.15, 0.2) is 0 Å². The van der Waals surface area contributed by atoms with E-state index in [2.05, 4.69) is 5.32 Å². The molecule has 2 aliphatic heterocycles. The minimum Gasteiger partial charge on any atom is -0.454 e. The lowest BCUT2D eigenvalue weighted by molar-refractivity contribution is -0.197. The molecule has 2 aliphatic rings. The lowest BCUT2D eigenvalue weighted by atomic mass is 9.80. The number of amides is 1. The topological polar surface area (TPSA) is 107 Å². The van der Waals surface area contributed by atoms with Gasteiger partial charge in [-0.2, -0.15) is 0 Å². The molecule has 86 valence electrons. The maximum atomic E-state index is 11.3. The highest BCUT2D eigenvalue weighted by molar-refractivity contribution is 6.00. The molecule has 15 heavy (non-hydrogen) atoms. The second-order valence-corrected chi connectivity index (χ2v) is 4.33. The smallest absolute Gasteiger partial charge is 0.336 e. The number of ether oxygens (including phenoxy) is 1. The number of hydrogen-bond acceptors (Lipinski definition) is 4. The molecule has 3 atom stereocenters. The van der Waals surface area contributed by atoms with Crippen LogP contribution < -0.4 is 5.32 Å². The van der Waals surface area contributed by atoms with Crippen molar-refractivity contribution < 1.29 is 24.9 Å². The molecule has 0 saturated carbocycles. The number of esters is 1. The average Bonchev–Trinajstić information content (AvgIpc) is 2.26. The molecule has 2 heterocycles. The van der Waals surface area contributed by atoms with Crippen LogP contribution in [0, 0.1) is 5.92 Å². The summed E-state index contributed by atoms with van der Waals surface area (Å²) >= 11 is 0. The molecule has 0 unspecified atom stereocenters. The molecule has 6 heteroatoms. The molecule has 0 aromatic heterocycles. The fourth-order valence-corrected chi connectivity index (χ4v) is 2.16. The third kappa shape index (κ3) is 1.40. The Hall–Kier alpha value is -1.14. The van der Waals surface area contributed by atoms with Crippen molar-refractivity contribution in [3.05, 3.63) is 0 Å². The maximum absolute atomic E-state index is 11.3. The summed E-state index contributed by atoms with van der Waals surface area (Å²) in [5.74, 6) is -0.682. The van der Waals surface area contributed by atoms with Crippen LogP contribution in [0.5, 0.6) is 0 Å². The van der Waals surface area contributed by atoms with Crippen molar-refractivity contribution in [2.45, 2.75) is 38.0 Å². The Morgan fingerprint density at radius 3 is 2.53 bits per heavy atom. The van der Waals surface area contributed by atoms with Crippen LogP contribution >= 0.6 is 0 Å². The number of nitrogens with one attached hydrogen (secondary N) is 1. The number of fused-ring (bicyclic) bond motifs is 1. The van der Waals surface area contributed by atoms with Crippen LogP contribution in [-0.4, -0.2) is 40.2 Å². The van der Waals surface area contributed by atoms with Gasteiger partial charge in [-0.3, -0.25) is 4.79 Å². The van der Waals surface area contributed by atoms with Gasteiger partial charge >= 0.3 is 5.97 Å². The van der Waals surface area contributed by atoms with E-state index in [1.165, 1.54) is 0 Å². The van der Waals surface area contributed by atoms with E-state index in [-0.39, 0.29) is 11.4 Å². The highest BCUT2D eigenvalue weighted by atomic mass is 16.6. The van der Waals surface area contributed by atoms with Crippen LogP contribution in [0.4, 0.5) is 0 Å². The fraction of sp³-hybridized carbons (Fsp3) is 0.778. The molecule has 4 N–H and O–H groups in total. The van der Waals surface area contributed by atoms with Gasteiger partial charge in [0.1, 0.15) is 0 Å². The van der Waals surface area contributed by atoms with Gasteiger partial charge in [0.05, 0.1) is 0 Å². The summed E-state index contributed by atoms with van der Waals surface area (Å²) < 4.78 is 4.78. The lowest BCUT2D eigenvalue weighted by Crippen LogP contribution is -2.67. The van der Waals surface area contributed by atoms with Crippen molar-refractivity contribution in [1.29, 1.82) is 0 Å². The number of aliphatic hydroxyl groups is 1. The molecule has 0 spiro atoms. The SMILES string of the molecule is CC(C)C[C@@]12NC(=O)[C@H](O)[C@@H]1OC2=O.O. The normalized spacial score (nSPS) is 37.6. The van der Waals surface area contributed by atoms with E-state index in [0.717, 1.165) is 0 Å². The van der Waals surface area contributed by atoms with E-state index in [1.807, 2.05) is 13.8 Å². The van der Waals surface area contributed by atoms with Crippen molar-refractivity contribution in [1.82, 2.24) is 5.32 Å². The second kappa shape index (κ2) is 3.46. The Morgan fingerprint density at radius 1 is 1.53 bits per heavy atom. The van der Waals surface area contributed by atoms with Gasteiger partial charge in [-0.05, 0) is 12.3 Å². The first-order valence-electron chi connectivity index (χ1n) is 4.68. The van der Waals surface area contributed by atoms with Gasteiger partial charge in [-0.25, -0.2) is 4.79 Å². The maximum Gasteiger partial charge on any atom is 0.336 e. The largest absolute Gasteiger partial charge is 0.454 e. The Labute approximate surface area is 86.9 Å². The highest BCUT2D eigenvalue weighted by Gasteiger charge is 2.68. The van der Waals surface area contributed by atoms with Gasteiger partial charge in [0.2, 0.25) is 0 Å². The molecule has 1 amide bonds. The first-order chi connectivity index (χ1) is 6.47. The van der Waals surface area contributed by atoms with Crippen molar-refractivity contribution in [3.8, 4) is 0 Å². The minimum atomic E-state index is -1.20. The molecule has 2 rings (SSSR count). The van der Waals surface area contributed by atoms with Gasteiger partial charge in [0.25, 0.3) is 5.91 Å². The second-order valence-electron chi connectivity index (χ2n) is 4.33. The first-order valence-corrected chi connectivity index (χ1v) is 4.68. The zero-order valence-electron chi connectivity index (χ0n) is 8.61. The van der Waals surface area contributed by atoms with Crippen molar-refractivity contribution in [2.24, 2.45) is 5.92 Å². The third-order valence-corrected chi connectivity index (χ3v) is 2.72. The summed E-state index contributed by atoms with van der Waals surface area (Å²) in [6.07, 6.45) is -1.38. The standard InChI is InChI=1S/C9H13NO4.H2O/c1-4(2)3-9-6(14-8(9)13)5(11)7(12)10-9;/h4-6,11H,3H2,1-2H3,(H,10,12);1H2/t5-,6+,9-;/m1./s1. The number of aliphatic hydroxyl groups excluding tert-OH is 1. The first kappa shape index (κ1) is 11.9.